The molecule has 2 bridgehead atoms. The van der Waals surface area contributed by atoms with Gasteiger partial charge < -0.3 is 9.64 Å². The van der Waals surface area contributed by atoms with Crippen molar-refractivity contribution in [2.45, 2.75) is 43.9 Å². The van der Waals surface area contributed by atoms with E-state index in [1.807, 2.05) is 11.0 Å². The van der Waals surface area contributed by atoms with Gasteiger partial charge in [-0.15, -0.1) is 0 Å². The lowest BCUT2D eigenvalue weighted by Gasteiger charge is -2.52. The second kappa shape index (κ2) is 4.20. The van der Waals surface area contributed by atoms with Gasteiger partial charge in [0.15, 0.2) is 0 Å². The molecular weight excluding hydrogens is 262 g/mol. The van der Waals surface area contributed by atoms with Crippen molar-refractivity contribution in [1.82, 2.24) is 4.90 Å². The van der Waals surface area contributed by atoms with Crippen LogP contribution in [-0.4, -0.2) is 29.1 Å². The van der Waals surface area contributed by atoms with Crippen molar-refractivity contribution in [3.05, 3.63) is 48.0 Å². The summed E-state index contributed by atoms with van der Waals surface area (Å²) in [6.45, 7) is 4.54. The highest BCUT2D eigenvalue weighted by Gasteiger charge is 2.58. The Hall–Kier alpha value is -1.61. The molecule has 21 heavy (non-hydrogen) atoms. The Bertz CT molecular complexity index is 611. The molecule has 3 nitrogen and oxygen atoms in total. The summed E-state index contributed by atoms with van der Waals surface area (Å²) in [5.74, 6) is 0.634. The Balaban J connectivity index is 1.77. The van der Waals surface area contributed by atoms with Gasteiger partial charge >= 0.3 is 0 Å². The minimum atomic E-state index is -0.232. The van der Waals surface area contributed by atoms with Crippen molar-refractivity contribution in [3.8, 4) is 0 Å². The van der Waals surface area contributed by atoms with E-state index in [9.17, 15) is 4.79 Å². The summed E-state index contributed by atoms with van der Waals surface area (Å²) in [5, 5.41) is 0. The van der Waals surface area contributed by atoms with Crippen LogP contribution in [0, 0.1) is 5.92 Å². The first-order valence-electron chi connectivity index (χ1n) is 7.74. The molecule has 1 aromatic rings. The topological polar surface area (TPSA) is 29.5 Å². The molecule has 0 aromatic heterocycles. The highest BCUT2D eigenvalue weighted by molar-refractivity contribution is 5.75. The number of benzene rings is 1. The number of amides is 1. The van der Waals surface area contributed by atoms with E-state index in [2.05, 4.69) is 43.3 Å². The van der Waals surface area contributed by atoms with Gasteiger partial charge in [-0.3, -0.25) is 4.79 Å². The number of piperidine rings is 1. The van der Waals surface area contributed by atoms with Gasteiger partial charge in [0, 0.05) is 6.92 Å². The molecule has 1 amide bonds. The summed E-state index contributed by atoms with van der Waals surface area (Å²) in [6.07, 6.45) is 6.68. The zero-order valence-electron chi connectivity index (χ0n) is 12.6. The van der Waals surface area contributed by atoms with Crippen LogP contribution in [0.2, 0.25) is 0 Å². The normalized spacial score (nSPS) is 40.4. The van der Waals surface area contributed by atoms with E-state index in [0.717, 1.165) is 12.8 Å². The zero-order valence-corrected chi connectivity index (χ0v) is 12.6. The maximum atomic E-state index is 12.3. The Morgan fingerprint density at radius 3 is 2.76 bits per heavy atom. The number of hydrogen-bond acceptors (Lipinski definition) is 2. The number of likely N-dealkylation sites (tertiary alicyclic amines) is 1. The third kappa shape index (κ3) is 1.73. The van der Waals surface area contributed by atoms with E-state index < -0.39 is 0 Å². The molecule has 0 N–H and O–H groups in total. The lowest BCUT2D eigenvalue weighted by Crippen LogP contribution is -2.60. The van der Waals surface area contributed by atoms with Crippen LogP contribution in [0.4, 0.5) is 0 Å². The minimum absolute atomic E-state index is 0.126. The standard InChI is InChI=1S/C18H21NO2/c1-13(20)19-12-18-9-8-16(21-18)10-15(18)11-17(19,2)14-6-4-3-5-7-14/h3-9,15-16H,10-12H2,1-2H3/t15-,16+,17?,18+/m0/s1. The number of carbonyl (C=O) groups is 1. The number of rotatable bonds is 1. The second-order valence-electron chi connectivity index (χ2n) is 6.85. The van der Waals surface area contributed by atoms with Gasteiger partial charge in [0.25, 0.3) is 0 Å². The molecule has 2 saturated heterocycles. The molecule has 3 aliphatic heterocycles. The molecule has 0 aliphatic carbocycles. The fourth-order valence-corrected chi connectivity index (χ4v) is 4.49. The third-order valence-corrected chi connectivity index (χ3v) is 5.59. The van der Waals surface area contributed by atoms with Crippen LogP contribution in [0.15, 0.2) is 42.5 Å². The molecule has 0 saturated carbocycles. The van der Waals surface area contributed by atoms with Crippen molar-refractivity contribution in [1.29, 1.82) is 0 Å². The van der Waals surface area contributed by atoms with Gasteiger partial charge in [0.05, 0.1) is 18.2 Å². The zero-order chi connectivity index (χ0) is 14.7. The molecular formula is C18H21NO2. The average Bonchev–Trinajstić information content (AvgIpc) is 3.03. The van der Waals surface area contributed by atoms with E-state index in [1.165, 1.54) is 5.56 Å². The van der Waals surface area contributed by atoms with Crippen LogP contribution in [0.3, 0.4) is 0 Å². The Morgan fingerprint density at radius 2 is 2.10 bits per heavy atom. The number of fused-ring (bicyclic) bond motifs is 1. The number of carbonyl (C=O) groups excluding carboxylic acids is 1. The average molecular weight is 283 g/mol. The molecule has 2 fully saturated rings. The van der Waals surface area contributed by atoms with Gasteiger partial charge in [0.1, 0.15) is 5.60 Å². The first kappa shape index (κ1) is 13.1. The van der Waals surface area contributed by atoms with Crippen LogP contribution in [0.1, 0.15) is 32.3 Å². The first-order valence-corrected chi connectivity index (χ1v) is 7.74. The van der Waals surface area contributed by atoms with Crippen molar-refractivity contribution >= 4 is 5.91 Å². The maximum absolute atomic E-state index is 12.3. The molecule has 1 unspecified atom stereocenters. The summed E-state index contributed by atoms with van der Waals surface area (Å²) in [4.78, 5) is 14.3. The second-order valence-corrected chi connectivity index (χ2v) is 6.85. The lowest BCUT2D eigenvalue weighted by atomic mass is 9.68. The van der Waals surface area contributed by atoms with E-state index in [4.69, 9.17) is 4.74 Å². The monoisotopic (exact) mass is 283 g/mol. The third-order valence-electron chi connectivity index (χ3n) is 5.59. The highest BCUT2D eigenvalue weighted by Crippen LogP contribution is 2.53. The predicted octanol–water partition coefficient (Wildman–Crippen LogP) is 2.87. The maximum Gasteiger partial charge on any atom is 0.220 e. The molecule has 3 heterocycles. The fraction of sp³-hybridized carbons (Fsp3) is 0.500. The van der Waals surface area contributed by atoms with Gasteiger partial charge in [-0.1, -0.05) is 42.5 Å². The predicted molar refractivity (Wildman–Crippen MR) is 80.6 cm³/mol. The lowest BCUT2D eigenvalue weighted by molar-refractivity contribution is -0.149. The molecule has 0 radical (unpaired) electrons. The van der Waals surface area contributed by atoms with E-state index in [1.54, 1.807) is 6.92 Å². The SMILES string of the molecule is CC(=O)N1C[C@]23C=C[C@H](C[C@H]2CC1(C)c1ccccc1)O3. The molecule has 1 spiro atoms. The van der Waals surface area contributed by atoms with E-state index >= 15 is 0 Å². The number of nitrogens with zero attached hydrogens (tertiary/aromatic N) is 1. The Morgan fingerprint density at radius 1 is 1.33 bits per heavy atom. The van der Waals surface area contributed by atoms with Gasteiger partial charge in [-0.05, 0) is 31.2 Å². The van der Waals surface area contributed by atoms with Crippen molar-refractivity contribution in [2.24, 2.45) is 5.92 Å². The minimum Gasteiger partial charge on any atom is -0.361 e. The molecule has 3 heteroatoms. The summed E-state index contributed by atoms with van der Waals surface area (Å²) >= 11 is 0. The molecule has 4 rings (SSSR count). The summed E-state index contributed by atoms with van der Waals surface area (Å²) in [5.41, 5.74) is 0.761. The summed E-state index contributed by atoms with van der Waals surface area (Å²) in [7, 11) is 0. The van der Waals surface area contributed by atoms with E-state index in [0.29, 0.717) is 12.5 Å². The van der Waals surface area contributed by atoms with Gasteiger partial charge in [0.2, 0.25) is 5.91 Å². The van der Waals surface area contributed by atoms with Crippen LogP contribution in [-0.2, 0) is 15.1 Å². The van der Waals surface area contributed by atoms with Crippen LogP contribution < -0.4 is 0 Å². The van der Waals surface area contributed by atoms with Crippen LogP contribution >= 0.6 is 0 Å². The van der Waals surface area contributed by atoms with Gasteiger partial charge in [-0.2, -0.15) is 0 Å². The molecule has 3 aliphatic rings. The summed E-state index contributed by atoms with van der Waals surface area (Å²) in [6, 6.07) is 10.4. The van der Waals surface area contributed by atoms with E-state index in [-0.39, 0.29) is 23.2 Å². The fourth-order valence-electron chi connectivity index (χ4n) is 4.49. The van der Waals surface area contributed by atoms with Crippen LogP contribution in [0.25, 0.3) is 0 Å². The molecule has 4 atom stereocenters. The smallest absolute Gasteiger partial charge is 0.220 e. The van der Waals surface area contributed by atoms with Gasteiger partial charge in [-0.25, -0.2) is 0 Å². The Kier molecular flexibility index (Phi) is 2.62. The highest BCUT2D eigenvalue weighted by atomic mass is 16.5. The molecule has 1 aromatic carbocycles. The Labute approximate surface area is 125 Å². The first-order chi connectivity index (χ1) is 10.0. The quantitative estimate of drug-likeness (QED) is 0.742. The number of ether oxygens (including phenoxy) is 1. The summed E-state index contributed by atoms with van der Waals surface area (Å²) < 4.78 is 6.17. The van der Waals surface area contributed by atoms with Crippen molar-refractivity contribution < 1.29 is 9.53 Å². The van der Waals surface area contributed by atoms with Crippen LogP contribution in [0.5, 0.6) is 0 Å². The van der Waals surface area contributed by atoms with Crippen molar-refractivity contribution in [3.63, 3.8) is 0 Å². The largest absolute Gasteiger partial charge is 0.361 e. The van der Waals surface area contributed by atoms with Crippen molar-refractivity contribution in [2.75, 3.05) is 6.54 Å². The molecule has 110 valence electrons. The number of hydrogen-bond donors (Lipinski definition) is 0.